The van der Waals surface area contributed by atoms with Crippen molar-refractivity contribution in [1.82, 2.24) is 20.0 Å². The molecule has 23 heavy (non-hydrogen) atoms. The molecule has 0 aliphatic rings. The molecule has 0 bridgehead atoms. The van der Waals surface area contributed by atoms with Crippen LogP contribution in [0.25, 0.3) is 11.5 Å². The lowest BCUT2D eigenvalue weighted by Crippen LogP contribution is -2.13. The topological polar surface area (TPSA) is 85.8 Å². The van der Waals surface area contributed by atoms with E-state index in [-0.39, 0.29) is 12.3 Å². The summed E-state index contributed by atoms with van der Waals surface area (Å²) in [5.74, 6) is 1.30. The van der Waals surface area contributed by atoms with E-state index in [9.17, 15) is 4.79 Å². The summed E-state index contributed by atoms with van der Waals surface area (Å²) in [4.78, 5) is 11.9. The van der Waals surface area contributed by atoms with E-state index in [1.807, 2.05) is 31.2 Å². The molecule has 0 saturated heterocycles. The lowest BCUT2D eigenvalue weighted by Gasteiger charge is -1.99. The third-order valence-electron chi connectivity index (χ3n) is 3.31. The zero-order valence-electron chi connectivity index (χ0n) is 13.0. The van der Waals surface area contributed by atoms with Gasteiger partial charge < -0.3 is 9.73 Å². The van der Waals surface area contributed by atoms with Gasteiger partial charge in [0.2, 0.25) is 17.7 Å². The van der Waals surface area contributed by atoms with Gasteiger partial charge in [0, 0.05) is 37.7 Å². The average molecular weight is 311 g/mol. The first-order chi connectivity index (χ1) is 11.1. The maximum Gasteiger partial charge on any atom is 0.247 e. The third kappa shape index (κ3) is 3.82. The summed E-state index contributed by atoms with van der Waals surface area (Å²) in [6, 6.07) is 9.57. The number of aromatic nitrogens is 4. The average Bonchev–Trinajstić information content (AvgIpc) is 3.15. The quantitative estimate of drug-likeness (QED) is 0.781. The van der Waals surface area contributed by atoms with Crippen LogP contribution < -0.4 is 5.32 Å². The second-order valence-corrected chi connectivity index (χ2v) is 5.29. The highest BCUT2D eigenvalue weighted by Crippen LogP contribution is 2.18. The number of nitrogens with one attached hydrogen (secondary N) is 1. The fraction of sp³-hybridized carbons (Fsp3) is 0.250. The van der Waals surface area contributed by atoms with Crippen LogP contribution in [0.4, 0.5) is 5.82 Å². The second-order valence-electron chi connectivity index (χ2n) is 5.29. The Hall–Kier alpha value is -2.96. The van der Waals surface area contributed by atoms with Gasteiger partial charge in [-0.05, 0) is 19.1 Å². The zero-order valence-corrected chi connectivity index (χ0v) is 13.0. The van der Waals surface area contributed by atoms with Crippen LogP contribution in [0.2, 0.25) is 0 Å². The van der Waals surface area contributed by atoms with Crippen molar-refractivity contribution >= 4 is 11.7 Å². The molecule has 0 unspecified atom stereocenters. The van der Waals surface area contributed by atoms with E-state index in [4.69, 9.17) is 4.42 Å². The van der Waals surface area contributed by atoms with Gasteiger partial charge in [-0.2, -0.15) is 5.10 Å². The van der Waals surface area contributed by atoms with Gasteiger partial charge in [-0.25, -0.2) is 0 Å². The first-order valence-corrected chi connectivity index (χ1v) is 7.29. The summed E-state index contributed by atoms with van der Waals surface area (Å²) in [7, 11) is 1.79. The normalized spacial score (nSPS) is 10.7. The number of hydrogen-bond acceptors (Lipinski definition) is 5. The maximum atomic E-state index is 11.9. The van der Waals surface area contributed by atoms with Crippen LogP contribution in [0.3, 0.4) is 0 Å². The molecule has 7 heteroatoms. The molecule has 1 N–H and O–H groups in total. The van der Waals surface area contributed by atoms with Crippen molar-refractivity contribution in [3.8, 4) is 11.5 Å². The van der Waals surface area contributed by atoms with Gasteiger partial charge in [0.1, 0.15) is 0 Å². The van der Waals surface area contributed by atoms with Crippen LogP contribution in [-0.2, 0) is 18.3 Å². The molecule has 7 nitrogen and oxygen atoms in total. The number of amides is 1. The molecule has 118 valence electrons. The van der Waals surface area contributed by atoms with Crippen molar-refractivity contribution in [2.75, 3.05) is 5.32 Å². The lowest BCUT2D eigenvalue weighted by atomic mass is 10.1. The molecule has 3 aromatic rings. The first kappa shape index (κ1) is 15.0. The van der Waals surface area contributed by atoms with E-state index in [1.54, 1.807) is 24.0 Å². The molecule has 0 atom stereocenters. The Balaban J connectivity index is 1.56. The Labute approximate surface area is 133 Å². The van der Waals surface area contributed by atoms with Gasteiger partial charge in [0.25, 0.3) is 0 Å². The van der Waals surface area contributed by atoms with E-state index in [2.05, 4.69) is 20.6 Å². The number of carbonyl (C=O) groups is 1. The molecule has 0 saturated carbocycles. The van der Waals surface area contributed by atoms with Crippen molar-refractivity contribution in [2.24, 2.45) is 7.05 Å². The summed E-state index contributed by atoms with van der Waals surface area (Å²) in [6.45, 7) is 2.02. The number of nitrogens with zero attached hydrogens (tertiary/aromatic N) is 4. The lowest BCUT2D eigenvalue weighted by molar-refractivity contribution is -0.116. The minimum atomic E-state index is -0.140. The van der Waals surface area contributed by atoms with Crippen molar-refractivity contribution < 1.29 is 9.21 Å². The molecule has 2 aromatic heterocycles. The predicted molar refractivity (Wildman–Crippen MR) is 84.6 cm³/mol. The molecular formula is C16H17N5O2. The Morgan fingerprint density at radius 2 is 2.00 bits per heavy atom. The van der Waals surface area contributed by atoms with E-state index < -0.39 is 0 Å². The standard InChI is InChI=1S/C16H17N5O2/c1-11-3-5-12(6-4-11)16-19-18-15(23-16)8-7-14(22)17-13-9-10-21(2)20-13/h3-6,9-10H,7-8H2,1-2H3,(H,17,20,22). The molecule has 1 aromatic carbocycles. The summed E-state index contributed by atoms with van der Waals surface area (Å²) in [6.07, 6.45) is 2.41. The predicted octanol–water partition coefficient (Wildman–Crippen LogP) is 2.35. The highest BCUT2D eigenvalue weighted by Gasteiger charge is 2.11. The second kappa shape index (κ2) is 6.43. The molecule has 0 aliphatic carbocycles. The fourth-order valence-corrected chi connectivity index (χ4v) is 2.07. The molecule has 0 spiro atoms. The Morgan fingerprint density at radius 1 is 1.22 bits per heavy atom. The number of benzene rings is 1. The summed E-state index contributed by atoms with van der Waals surface area (Å²) >= 11 is 0. The Kier molecular flexibility index (Phi) is 4.18. The van der Waals surface area contributed by atoms with E-state index in [0.717, 1.165) is 5.56 Å². The molecule has 1 amide bonds. The van der Waals surface area contributed by atoms with Crippen molar-refractivity contribution in [3.05, 3.63) is 48.0 Å². The summed E-state index contributed by atoms with van der Waals surface area (Å²) < 4.78 is 7.22. The van der Waals surface area contributed by atoms with Crippen LogP contribution in [0, 0.1) is 6.92 Å². The summed E-state index contributed by atoms with van der Waals surface area (Å²) in [5.41, 5.74) is 2.03. The van der Waals surface area contributed by atoms with Crippen LogP contribution >= 0.6 is 0 Å². The highest BCUT2D eigenvalue weighted by atomic mass is 16.4. The minimum absolute atomic E-state index is 0.140. The Bertz CT molecular complexity index is 804. The number of hydrogen-bond donors (Lipinski definition) is 1. The molecular weight excluding hydrogens is 294 g/mol. The van der Waals surface area contributed by atoms with Crippen LogP contribution in [0.1, 0.15) is 17.9 Å². The smallest absolute Gasteiger partial charge is 0.247 e. The van der Waals surface area contributed by atoms with Crippen molar-refractivity contribution in [1.29, 1.82) is 0 Å². The van der Waals surface area contributed by atoms with Crippen LogP contribution in [-0.4, -0.2) is 25.9 Å². The summed E-state index contributed by atoms with van der Waals surface area (Å²) in [5, 5.41) is 14.8. The largest absolute Gasteiger partial charge is 0.421 e. The number of anilines is 1. The van der Waals surface area contributed by atoms with Crippen molar-refractivity contribution in [2.45, 2.75) is 19.8 Å². The SMILES string of the molecule is Cc1ccc(-c2nnc(CCC(=O)Nc3ccn(C)n3)o2)cc1. The van der Waals surface area contributed by atoms with Crippen LogP contribution in [0.15, 0.2) is 40.9 Å². The third-order valence-corrected chi connectivity index (χ3v) is 3.31. The van der Waals surface area contributed by atoms with E-state index in [1.165, 1.54) is 5.56 Å². The van der Waals surface area contributed by atoms with Gasteiger partial charge in [-0.15, -0.1) is 10.2 Å². The minimum Gasteiger partial charge on any atom is -0.421 e. The van der Waals surface area contributed by atoms with Gasteiger partial charge >= 0.3 is 0 Å². The van der Waals surface area contributed by atoms with Crippen LogP contribution in [0.5, 0.6) is 0 Å². The van der Waals surface area contributed by atoms with Crippen molar-refractivity contribution in [3.63, 3.8) is 0 Å². The zero-order chi connectivity index (χ0) is 16.2. The molecule has 0 aliphatic heterocycles. The first-order valence-electron chi connectivity index (χ1n) is 7.29. The fourth-order valence-electron chi connectivity index (χ4n) is 2.07. The molecule has 0 radical (unpaired) electrons. The molecule has 0 fully saturated rings. The van der Waals surface area contributed by atoms with Gasteiger partial charge in [0.05, 0.1) is 0 Å². The monoisotopic (exact) mass is 311 g/mol. The van der Waals surface area contributed by atoms with E-state index in [0.29, 0.717) is 24.0 Å². The van der Waals surface area contributed by atoms with Gasteiger partial charge in [-0.1, -0.05) is 17.7 Å². The van der Waals surface area contributed by atoms with Gasteiger partial charge in [0.15, 0.2) is 5.82 Å². The molecule has 3 rings (SSSR count). The number of rotatable bonds is 5. The molecule has 2 heterocycles. The maximum absolute atomic E-state index is 11.9. The Morgan fingerprint density at radius 3 is 2.70 bits per heavy atom. The highest BCUT2D eigenvalue weighted by molar-refractivity contribution is 5.89. The number of aryl methyl sites for hydroxylation is 3. The van der Waals surface area contributed by atoms with E-state index >= 15 is 0 Å². The van der Waals surface area contributed by atoms with Gasteiger partial charge in [-0.3, -0.25) is 9.48 Å². The number of carbonyl (C=O) groups excluding carboxylic acids is 1.